The van der Waals surface area contributed by atoms with Crippen molar-refractivity contribution in [2.75, 3.05) is 59.5 Å². The minimum absolute atomic E-state index is 0.00847. The van der Waals surface area contributed by atoms with E-state index in [0.29, 0.717) is 32.0 Å². The summed E-state index contributed by atoms with van der Waals surface area (Å²) in [6.07, 6.45) is 0. The first-order valence-corrected chi connectivity index (χ1v) is 9.43. The van der Waals surface area contributed by atoms with E-state index in [0.717, 1.165) is 38.7 Å². The fourth-order valence-electron chi connectivity index (χ4n) is 2.84. The number of guanidine groups is 1. The van der Waals surface area contributed by atoms with Crippen LogP contribution < -0.4 is 16.4 Å². The number of aliphatic imine (C=N–C) groups is 1. The minimum atomic E-state index is -0.593. The molecular formula is C18H30N6O4. The normalized spacial score (nSPS) is 15.5. The van der Waals surface area contributed by atoms with Crippen molar-refractivity contribution < 1.29 is 18.7 Å². The molecular weight excluding hydrogens is 364 g/mol. The molecule has 2 rings (SSSR count). The molecule has 1 aromatic heterocycles. The summed E-state index contributed by atoms with van der Waals surface area (Å²) in [5, 5.41) is 6.11. The van der Waals surface area contributed by atoms with Crippen LogP contribution in [-0.2, 0) is 16.1 Å². The zero-order valence-electron chi connectivity index (χ0n) is 16.6. The summed E-state index contributed by atoms with van der Waals surface area (Å²) in [7, 11) is 1.61. The molecule has 4 N–H and O–H groups in total. The third-order valence-electron chi connectivity index (χ3n) is 4.29. The first-order chi connectivity index (χ1) is 13.5. The molecule has 0 radical (unpaired) electrons. The number of amides is 2. The molecule has 0 unspecified atom stereocenters. The number of piperazine rings is 1. The van der Waals surface area contributed by atoms with E-state index < -0.39 is 5.91 Å². The SMILES string of the molecule is CCNC(=NCc1ccc(C(N)=O)o1)N1CCN(CC(=O)NCCOC)CC1. The summed E-state index contributed by atoms with van der Waals surface area (Å²) in [5.41, 5.74) is 5.20. The molecule has 2 amide bonds. The number of methoxy groups -OCH3 is 1. The molecule has 156 valence electrons. The van der Waals surface area contributed by atoms with Gasteiger partial charge in [0.15, 0.2) is 11.7 Å². The van der Waals surface area contributed by atoms with E-state index in [1.165, 1.54) is 0 Å². The van der Waals surface area contributed by atoms with E-state index in [-0.39, 0.29) is 11.7 Å². The summed E-state index contributed by atoms with van der Waals surface area (Å²) < 4.78 is 10.3. The Bertz CT molecular complexity index is 667. The number of furan rings is 1. The number of carbonyl (C=O) groups is 2. The van der Waals surface area contributed by atoms with Crippen molar-refractivity contribution >= 4 is 17.8 Å². The number of rotatable bonds is 9. The largest absolute Gasteiger partial charge is 0.454 e. The van der Waals surface area contributed by atoms with Crippen molar-refractivity contribution in [3.8, 4) is 0 Å². The van der Waals surface area contributed by atoms with E-state index in [4.69, 9.17) is 14.9 Å². The fraction of sp³-hybridized carbons (Fsp3) is 0.611. The molecule has 0 saturated carbocycles. The maximum atomic E-state index is 11.9. The molecule has 28 heavy (non-hydrogen) atoms. The van der Waals surface area contributed by atoms with Gasteiger partial charge in [0.25, 0.3) is 5.91 Å². The van der Waals surface area contributed by atoms with Crippen LogP contribution in [0.4, 0.5) is 0 Å². The molecule has 1 aromatic rings. The average molecular weight is 394 g/mol. The zero-order valence-corrected chi connectivity index (χ0v) is 16.6. The maximum absolute atomic E-state index is 11.9. The van der Waals surface area contributed by atoms with Crippen molar-refractivity contribution in [1.29, 1.82) is 0 Å². The molecule has 1 saturated heterocycles. The molecule has 1 fully saturated rings. The second-order valence-electron chi connectivity index (χ2n) is 6.41. The number of carbonyl (C=O) groups excluding carboxylic acids is 2. The van der Waals surface area contributed by atoms with E-state index in [1.54, 1.807) is 19.2 Å². The van der Waals surface area contributed by atoms with Crippen molar-refractivity contribution in [2.24, 2.45) is 10.7 Å². The van der Waals surface area contributed by atoms with E-state index in [1.807, 2.05) is 6.92 Å². The van der Waals surface area contributed by atoms with Crippen LogP contribution in [0.2, 0.25) is 0 Å². The van der Waals surface area contributed by atoms with Crippen LogP contribution in [0, 0.1) is 0 Å². The number of nitrogens with two attached hydrogens (primary N) is 1. The first-order valence-electron chi connectivity index (χ1n) is 9.43. The minimum Gasteiger partial charge on any atom is -0.454 e. The molecule has 0 atom stereocenters. The molecule has 0 aliphatic carbocycles. The Morgan fingerprint density at radius 3 is 2.61 bits per heavy atom. The van der Waals surface area contributed by atoms with Crippen LogP contribution in [0.1, 0.15) is 23.2 Å². The number of hydrogen-bond donors (Lipinski definition) is 3. The topological polar surface area (TPSA) is 125 Å². The molecule has 1 aliphatic rings. The predicted octanol–water partition coefficient (Wildman–Crippen LogP) is -0.776. The van der Waals surface area contributed by atoms with E-state index >= 15 is 0 Å². The molecule has 0 aromatic carbocycles. The smallest absolute Gasteiger partial charge is 0.284 e. The van der Waals surface area contributed by atoms with Gasteiger partial charge < -0.3 is 30.4 Å². The summed E-state index contributed by atoms with van der Waals surface area (Å²) in [5.74, 6) is 0.908. The van der Waals surface area contributed by atoms with Gasteiger partial charge in [-0.15, -0.1) is 0 Å². The molecule has 0 spiro atoms. The monoisotopic (exact) mass is 394 g/mol. The van der Waals surface area contributed by atoms with Crippen LogP contribution in [-0.4, -0.2) is 87.1 Å². The van der Waals surface area contributed by atoms with Gasteiger partial charge in [0.1, 0.15) is 12.3 Å². The Hall–Kier alpha value is -2.59. The van der Waals surface area contributed by atoms with Crippen molar-refractivity contribution in [3.05, 3.63) is 23.7 Å². The lowest BCUT2D eigenvalue weighted by atomic mass is 10.3. The molecule has 0 bridgehead atoms. The predicted molar refractivity (Wildman–Crippen MR) is 105 cm³/mol. The lowest BCUT2D eigenvalue weighted by Gasteiger charge is -2.36. The van der Waals surface area contributed by atoms with Crippen LogP contribution in [0.25, 0.3) is 0 Å². The van der Waals surface area contributed by atoms with Gasteiger partial charge >= 0.3 is 0 Å². The number of ether oxygens (including phenoxy) is 1. The van der Waals surface area contributed by atoms with Crippen LogP contribution in [0.15, 0.2) is 21.5 Å². The number of hydrogen-bond acceptors (Lipinski definition) is 6. The van der Waals surface area contributed by atoms with Crippen LogP contribution in [0.5, 0.6) is 0 Å². The van der Waals surface area contributed by atoms with Gasteiger partial charge in [0.2, 0.25) is 5.91 Å². The van der Waals surface area contributed by atoms with Crippen molar-refractivity contribution in [3.63, 3.8) is 0 Å². The van der Waals surface area contributed by atoms with Gasteiger partial charge in [-0.3, -0.25) is 14.5 Å². The highest BCUT2D eigenvalue weighted by Crippen LogP contribution is 2.09. The lowest BCUT2D eigenvalue weighted by molar-refractivity contribution is -0.122. The number of primary amides is 1. The number of nitrogens with zero attached hydrogens (tertiary/aromatic N) is 3. The Morgan fingerprint density at radius 1 is 1.25 bits per heavy atom. The average Bonchev–Trinajstić information content (AvgIpc) is 3.15. The van der Waals surface area contributed by atoms with Gasteiger partial charge in [0, 0.05) is 46.4 Å². The molecule has 10 nitrogen and oxygen atoms in total. The standard InChI is InChI=1S/C18H30N6O4/c1-3-20-18(22-12-14-4-5-15(28-14)17(19)26)24-9-7-23(8-10-24)13-16(25)21-6-11-27-2/h4-5H,3,6-13H2,1-2H3,(H2,19,26)(H,20,22)(H,21,25). The second-order valence-corrected chi connectivity index (χ2v) is 6.41. The third kappa shape index (κ3) is 6.86. The zero-order chi connectivity index (χ0) is 20.4. The Kier molecular flexibility index (Phi) is 8.76. The fourth-order valence-corrected chi connectivity index (χ4v) is 2.84. The highest BCUT2D eigenvalue weighted by molar-refractivity contribution is 5.89. The van der Waals surface area contributed by atoms with Crippen LogP contribution >= 0.6 is 0 Å². The van der Waals surface area contributed by atoms with E-state index in [2.05, 4.69) is 25.4 Å². The second kappa shape index (κ2) is 11.3. The molecule has 10 heteroatoms. The van der Waals surface area contributed by atoms with Gasteiger partial charge in [-0.2, -0.15) is 0 Å². The van der Waals surface area contributed by atoms with Gasteiger partial charge in [-0.05, 0) is 19.1 Å². The lowest BCUT2D eigenvalue weighted by Crippen LogP contribution is -2.54. The maximum Gasteiger partial charge on any atom is 0.284 e. The van der Waals surface area contributed by atoms with E-state index in [9.17, 15) is 9.59 Å². The Balaban J connectivity index is 1.84. The Labute approximate surface area is 165 Å². The quantitative estimate of drug-likeness (QED) is 0.285. The van der Waals surface area contributed by atoms with Gasteiger partial charge in [0.05, 0.1) is 13.2 Å². The highest BCUT2D eigenvalue weighted by atomic mass is 16.5. The third-order valence-corrected chi connectivity index (χ3v) is 4.29. The van der Waals surface area contributed by atoms with Gasteiger partial charge in [-0.1, -0.05) is 0 Å². The summed E-state index contributed by atoms with van der Waals surface area (Å²) in [6.45, 7) is 7.56. The van der Waals surface area contributed by atoms with Crippen molar-refractivity contribution in [1.82, 2.24) is 20.4 Å². The van der Waals surface area contributed by atoms with Gasteiger partial charge in [-0.25, -0.2) is 4.99 Å². The summed E-state index contributed by atoms with van der Waals surface area (Å²) in [4.78, 5) is 31.9. The molecule has 1 aliphatic heterocycles. The number of nitrogens with one attached hydrogen (secondary N) is 2. The summed E-state index contributed by atoms with van der Waals surface area (Å²) >= 11 is 0. The highest BCUT2D eigenvalue weighted by Gasteiger charge is 2.21. The summed E-state index contributed by atoms with van der Waals surface area (Å²) in [6, 6.07) is 3.25. The molecule has 2 heterocycles. The Morgan fingerprint density at radius 2 is 2.00 bits per heavy atom. The first kappa shape index (κ1) is 21.7. The van der Waals surface area contributed by atoms with Crippen molar-refractivity contribution in [2.45, 2.75) is 13.5 Å². The van der Waals surface area contributed by atoms with Crippen LogP contribution in [0.3, 0.4) is 0 Å².